The number of benzene rings is 2. The Kier molecular flexibility index (Phi) is 15.2. The predicted molar refractivity (Wildman–Crippen MR) is 172 cm³/mol. The Morgan fingerprint density at radius 2 is 1.30 bits per heavy atom. The van der Waals surface area contributed by atoms with Crippen LogP contribution in [0, 0.1) is 5.92 Å². The van der Waals surface area contributed by atoms with Crippen molar-refractivity contribution >= 4 is 11.9 Å². The number of carbonyl (C=O) groups excluding carboxylic acids is 2. The molecular weight excluding hydrogens is 614 g/mol. The minimum Gasteiger partial charge on any atom is -0.490 e. The van der Waals surface area contributed by atoms with Gasteiger partial charge in [0, 0.05) is 18.2 Å². The second kappa shape index (κ2) is 19.0. The zero-order chi connectivity index (χ0) is 34.2. The van der Waals surface area contributed by atoms with Gasteiger partial charge in [0.25, 0.3) is 0 Å². The maximum Gasteiger partial charge on any atom is 0.426 e. The number of carbonyl (C=O) groups is 2. The summed E-state index contributed by atoms with van der Waals surface area (Å²) in [5.74, 6) is -0.576. The van der Waals surface area contributed by atoms with E-state index in [1.54, 1.807) is 12.1 Å². The molecule has 0 spiro atoms. The summed E-state index contributed by atoms with van der Waals surface area (Å²) in [6.45, 7) is 7.16. The molecule has 3 rings (SSSR count). The van der Waals surface area contributed by atoms with E-state index in [2.05, 4.69) is 20.1 Å². The molecule has 1 aliphatic rings. The molecule has 11 heteroatoms. The van der Waals surface area contributed by atoms with Crippen LogP contribution in [0.25, 0.3) is 0 Å². The van der Waals surface area contributed by atoms with Crippen molar-refractivity contribution in [3.63, 3.8) is 0 Å². The Balaban J connectivity index is 1.65. The lowest BCUT2D eigenvalue weighted by atomic mass is 9.77. The molecule has 0 saturated heterocycles. The van der Waals surface area contributed by atoms with Crippen molar-refractivity contribution in [3.8, 4) is 17.2 Å². The van der Waals surface area contributed by atoms with Crippen LogP contribution in [0.15, 0.2) is 66.8 Å². The monoisotopic (exact) mass is 660 g/mol. The van der Waals surface area contributed by atoms with Crippen LogP contribution < -0.4 is 14.2 Å². The first-order chi connectivity index (χ1) is 22.6. The zero-order valence-electron chi connectivity index (χ0n) is 27.0. The second-order valence-corrected chi connectivity index (χ2v) is 11.6. The summed E-state index contributed by atoms with van der Waals surface area (Å²) in [6, 6.07) is 10.2. The van der Waals surface area contributed by atoms with E-state index >= 15 is 8.78 Å². The lowest BCUT2D eigenvalue weighted by Crippen LogP contribution is -2.22. The Hall–Kier alpha value is -3.96. The third kappa shape index (κ3) is 12.3. The van der Waals surface area contributed by atoms with Crippen LogP contribution in [-0.4, -0.2) is 61.8 Å². The van der Waals surface area contributed by atoms with E-state index in [0.717, 1.165) is 24.3 Å². The van der Waals surface area contributed by atoms with Crippen molar-refractivity contribution in [2.75, 3.05) is 39.6 Å². The minimum absolute atomic E-state index is 0.0802. The van der Waals surface area contributed by atoms with E-state index in [1.165, 1.54) is 68.9 Å². The number of hydrogen-bond acceptors (Lipinski definition) is 9. The van der Waals surface area contributed by atoms with Crippen LogP contribution in [0.2, 0.25) is 0 Å². The van der Waals surface area contributed by atoms with Gasteiger partial charge in [0.15, 0.2) is 0 Å². The summed E-state index contributed by atoms with van der Waals surface area (Å²) in [6.07, 6.45) is 5.78. The molecule has 0 unspecified atom stereocenters. The van der Waals surface area contributed by atoms with Gasteiger partial charge in [0.1, 0.15) is 43.7 Å². The molecular formula is C36H46F2O9. The molecule has 0 radical (unpaired) electrons. The van der Waals surface area contributed by atoms with Crippen molar-refractivity contribution in [1.29, 1.82) is 0 Å². The van der Waals surface area contributed by atoms with E-state index in [0.29, 0.717) is 5.92 Å². The van der Waals surface area contributed by atoms with E-state index in [9.17, 15) is 9.59 Å². The fourth-order valence-corrected chi connectivity index (χ4v) is 5.32. The predicted octanol–water partition coefficient (Wildman–Crippen LogP) is 6.61. The number of ether oxygens (including phenoxy) is 5. The Morgan fingerprint density at radius 1 is 0.787 bits per heavy atom. The number of hydrogen-bond donors (Lipinski definition) is 2. The van der Waals surface area contributed by atoms with Gasteiger partial charge < -0.3 is 33.9 Å². The fourth-order valence-electron chi connectivity index (χ4n) is 5.32. The maximum atomic E-state index is 15.4. The Bertz CT molecular complexity index is 1260. The number of aliphatic hydroxyl groups excluding tert-OH is 2. The summed E-state index contributed by atoms with van der Waals surface area (Å²) in [4.78, 5) is 23.4. The Labute approximate surface area is 275 Å². The van der Waals surface area contributed by atoms with Gasteiger partial charge in [0.2, 0.25) is 0 Å². The number of unbranched alkanes of at least 4 members (excludes halogenated alkanes) is 2. The summed E-state index contributed by atoms with van der Waals surface area (Å²) in [7, 11) is 0. The average molecular weight is 661 g/mol. The van der Waals surface area contributed by atoms with Gasteiger partial charge in [-0.15, -0.1) is 0 Å². The molecule has 2 N–H and O–H groups in total. The third-order valence-electron chi connectivity index (χ3n) is 8.01. The van der Waals surface area contributed by atoms with E-state index in [1.807, 2.05) is 0 Å². The molecule has 9 nitrogen and oxygen atoms in total. The van der Waals surface area contributed by atoms with Crippen LogP contribution in [0.4, 0.5) is 8.78 Å². The van der Waals surface area contributed by atoms with Gasteiger partial charge in [-0.25, -0.2) is 9.59 Å². The molecule has 0 amide bonds. The minimum atomic E-state index is -3.69. The Morgan fingerprint density at radius 3 is 1.79 bits per heavy atom. The number of halogens is 2. The normalized spacial score (nSPS) is 16.2. The topological polar surface area (TPSA) is 121 Å². The molecule has 47 heavy (non-hydrogen) atoms. The highest BCUT2D eigenvalue weighted by atomic mass is 19.3. The van der Waals surface area contributed by atoms with Crippen LogP contribution in [0.3, 0.4) is 0 Å². The highest BCUT2D eigenvalue weighted by molar-refractivity contribution is 5.88. The van der Waals surface area contributed by atoms with Gasteiger partial charge in [0.05, 0.1) is 29.9 Å². The standard InChI is InChI=1S/C36H46F2O9/c1-4-5-6-7-27-8-10-28(11-9-27)29-12-14-30(15-13-29)36(37,38)47-33-21-31(43-16-18-45-34(41)25(2)23-39)20-32(22-33)44-17-19-46-35(42)26(3)24-40/h12-15,20-22,27-28,39-40H,2-11,16-19,23-24H2,1H3. The highest BCUT2D eigenvalue weighted by Gasteiger charge is 2.35. The van der Waals surface area contributed by atoms with Crippen LogP contribution in [0.5, 0.6) is 17.2 Å². The van der Waals surface area contributed by atoms with Gasteiger partial charge in [-0.1, -0.05) is 57.9 Å². The molecule has 1 aliphatic carbocycles. The van der Waals surface area contributed by atoms with E-state index < -0.39 is 31.3 Å². The van der Waals surface area contributed by atoms with Crippen LogP contribution in [0.1, 0.15) is 75.3 Å². The van der Waals surface area contributed by atoms with E-state index in [-0.39, 0.29) is 60.4 Å². The number of rotatable bonds is 20. The second-order valence-electron chi connectivity index (χ2n) is 11.6. The molecule has 1 saturated carbocycles. The molecule has 2 aromatic carbocycles. The van der Waals surface area contributed by atoms with Crippen molar-refractivity contribution in [3.05, 3.63) is 77.9 Å². The van der Waals surface area contributed by atoms with Gasteiger partial charge in [-0.3, -0.25) is 0 Å². The SMILES string of the molecule is C=C(CO)C(=O)OCCOc1cc(OCCOC(=O)C(=C)CO)cc(OC(F)(F)c2ccc(C3CCC(CCCCC)CC3)cc2)c1. The number of alkyl halides is 2. The van der Waals surface area contributed by atoms with E-state index in [4.69, 9.17) is 33.9 Å². The molecule has 258 valence electrons. The molecule has 0 aliphatic heterocycles. The largest absolute Gasteiger partial charge is 0.490 e. The quantitative estimate of drug-likeness (QED) is 0.0918. The first kappa shape index (κ1) is 37.5. The third-order valence-corrected chi connectivity index (χ3v) is 8.01. The first-order valence-electron chi connectivity index (χ1n) is 16.1. The molecule has 1 fully saturated rings. The average Bonchev–Trinajstić information content (AvgIpc) is 3.07. The number of aliphatic hydroxyl groups is 2. The highest BCUT2D eigenvalue weighted by Crippen LogP contribution is 2.40. The molecule has 0 bridgehead atoms. The zero-order valence-corrected chi connectivity index (χ0v) is 27.0. The smallest absolute Gasteiger partial charge is 0.426 e. The van der Waals surface area contributed by atoms with Crippen LogP contribution >= 0.6 is 0 Å². The molecule has 0 atom stereocenters. The van der Waals surface area contributed by atoms with Crippen molar-refractivity contribution < 1.29 is 52.3 Å². The maximum absolute atomic E-state index is 15.4. The molecule has 2 aromatic rings. The fraction of sp³-hybridized carbons (Fsp3) is 0.500. The van der Waals surface area contributed by atoms with Crippen LogP contribution in [-0.2, 0) is 25.2 Å². The summed E-state index contributed by atoms with van der Waals surface area (Å²) in [5.41, 5.74) is 0.490. The van der Waals surface area contributed by atoms with Gasteiger partial charge >= 0.3 is 18.0 Å². The summed E-state index contributed by atoms with van der Waals surface area (Å²) >= 11 is 0. The summed E-state index contributed by atoms with van der Waals surface area (Å²) in [5, 5.41) is 18.0. The number of esters is 2. The molecule has 0 heterocycles. The lowest BCUT2D eigenvalue weighted by Gasteiger charge is -2.29. The molecule has 0 aromatic heterocycles. The van der Waals surface area contributed by atoms with Crippen molar-refractivity contribution in [2.24, 2.45) is 5.92 Å². The summed E-state index contributed by atoms with van der Waals surface area (Å²) < 4.78 is 57.0. The van der Waals surface area contributed by atoms with Gasteiger partial charge in [-0.2, -0.15) is 8.78 Å². The first-order valence-corrected chi connectivity index (χ1v) is 16.1. The lowest BCUT2D eigenvalue weighted by molar-refractivity contribution is -0.185. The van der Waals surface area contributed by atoms with Crippen molar-refractivity contribution in [1.82, 2.24) is 0 Å². The van der Waals surface area contributed by atoms with Crippen molar-refractivity contribution in [2.45, 2.75) is 70.3 Å². The van der Waals surface area contributed by atoms with Gasteiger partial charge in [-0.05, 0) is 55.2 Å².